The molecular formula is C17H22ClN3O6. The van der Waals surface area contributed by atoms with Crippen LogP contribution in [-0.2, 0) is 14.4 Å². The van der Waals surface area contributed by atoms with Crippen molar-refractivity contribution in [1.29, 1.82) is 0 Å². The van der Waals surface area contributed by atoms with E-state index < -0.39 is 24.4 Å². The number of halogens is 1. The molecule has 0 atom stereocenters. The molecule has 10 heteroatoms. The predicted octanol–water partition coefficient (Wildman–Crippen LogP) is 1.42. The Bertz CT molecular complexity index is 721. The van der Waals surface area contributed by atoms with E-state index >= 15 is 0 Å². The summed E-state index contributed by atoms with van der Waals surface area (Å²) in [4.78, 5) is 33.8. The van der Waals surface area contributed by atoms with E-state index in [-0.39, 0.29) is 22.4 Å². The summed E-state index contributed by atoms with van der Waals surface area (Å²) in [5.41, 5.74) is 2.56. The van der Waals surface area contributed by atoms with Crippen molar-refractivity contribution in [3.63, 3.8) is 0 Å². The average Bonchev–Trinajstić information content (AvgIpc) is 2.58. The number of hydrogen-bond donors (Lipinski definition) is 3. The fraction of sp³-hybridized carbons (Fsp3) is 0.412. The summed E-state index contributed by atoms with van der Waals surface area (Å²) < 4.78 is 10.5. The van der Waals surface area contributed by atoms with Crippen LogP contribution in [0.1, 0.15) is 26.3 Å². The molecule has 0 aliphatic rings. The van der Waals surface area contributed by atoms with Crippen LogP contribution < -0.4 is 20.2 Å². The number of rotatable bonds is 9. The van der Waals surface area contributed by atoms with Crippen molar-refractivity contribution < 1.29 is 29.0 Å². The lowest BCUT2D eigenvalue weighted by Gasteiger charge is -2.13. The van der Waals surface area contributed by atoms with Crippen LogP contribution in [0.4, 0.5) is 0 Å². The molecule has 0 aliphatic carbocycles. The Morgan fingerprint density at radius 3 is 2.56 bits per heavy atom. The van der Waals surface area contributed by atoms with E-state index in [1.807, 2.05) is 13.8 Å². The zero-order valence-corrected chi connectivity index (χ0v) is 16.0. The molecule has 0 unspecified atom stereocenters. The first kappa shape index (κ1) is 22.2. The Balaban J connectivity index is 2.82. The second kappa shape index (κ2) is 11.0. The molecule has 0 saturated carbocycles. The van der Waals surface area contributed by atoms with Gasteiger partial charge in [0.05, 0.1) is 17.8 Å². The second-order valence-corrected chi connectivity index (χ2v) is 6.16. The molecule has 0 fully saturated rings. The number of carbonyl (C=O) groups is 3. The highest BCUT2D eigenvalue weighted by Crippen LogP contribution is 2.36. The topological polar surface area (TPSA) is 126 Å². The number of amides is 2. The van der Waals surface area contributed by atoms with Gasteiger partial charge in [-0.1, -0.05) is 25.4 Å². The molecule has 1 aromatic rings. The monoisotopic (exact) mass is 399 g/mol. The molecule has 2 amide bonds. The van der Waals surface area contributed by atoms with E-state index in [0.29, 0.717) is 18.7 Å². The zero-order chi connectivity index (χ0) is 20.4. The number of carboxylic acid groups (broad SMARTS) is 1. The van der Waals surface area contributed by atoms with Crippen molar-refractivity contribution in [1.82, 2.24) is 10.7 Å². The van der Waals surface area contributed by atoms with Crippen LogP contribution in [0.2, 0.25) is 5.02 Å². The molecule has 0 saturated heterocycles. The minimum atomic E-state index is -1.15. The standard InChI is InChI=1S/C17H22ClN3O6/c1-4-26-13-6-11(5-12(18)15(13)27-9-14(22)23)8-20-21-17(25)16(24)19-7-10(2)3/h5-6,8,10H,4,7,9H2,1-3H3,(H,19,24)(H,21,25)(H,22,23)/b20-8-. The molecule has 1 rings (SSSR count). The third-order valence-corrected chi connectivity index (χ3v) is 3.21. The van der Waals surface area contributed by atoms with E-state index in [9.17, 15) is 14.4 Å². The van der Waals surface area contributed by atoms with Gasteiger partial charge in [-0.2, -0.15) is 5.10 Å². The lowest BCUT2D eigenvalue weighted by molar-refractivity contribution is -0.139. The molecule has 0 radical (unpaired) electrons. The quantitative estimate of drug-likeness (QED) is 0.327. The lowest BCUT2D eigenvalue weighted by atomic mass is 10.2. The van der Waals surface area contributed by atoms with Crippen molar-refractivity contribution in [2.75, 3.05) is 19.8 Å². The molecular weight excluding hydrogens is 378 g/mol. The van der Waals surface area contributed by atoms with Crippen LogP contribution in [-0.4, -0.2) is 48.9 Å². The van der Waals surface area contributed by atoms with Gasteiger partial charge in [0, 0.05) is 6.54 Å². The van der Waals surface area contributed by atoms with Crippen molar-refractivity contribution in [2.24, 2.45) is 11.0 Å². The summed E-state index contributed by atoms with van der Waals surface area (Å²) >= 11 is 6.11. The highest BCUT2D eigenvalue weighted by molar-refractivity contribution is 6.35. The second-order valence-electron chi connectivity index (χ2n) is 5.75. The summed E-state index contributed by atoms with van der Waals surface area (Å²) in [6.07, 6.45) is 1.27. The van der Waals surface area contributed by atoms with Gasteiger partial charge in [-0.3, -0.25) is 9.59 Å². The average molecular weight is 400 g/mol. The van der Waals surface area contributed by atoms with Crippen molar-refractivity contribution in [2.45, 2.75) is 20.8 Å². The van der Waals surface area contributed by atoms with Crippen LogP contribution >= 0.6 is 11.6 Å². The maximum atomic E-state index is 11.6. The molecule has 0 aliphatic heterocycles. The smallest absolute Gasteiger partial charge is 0.341 e. The van der Waals surface area contributed by atoms with Crippen molar-refractivity contribution >= 4 is 35.6 Å². The van der Waals surface area contributed by atoms with Gasteiger partial charge in [0.15, 0.2) is 18.1 Å². The Morgan fingerprint density at radius 1 is 1.26 bits per heavy atom. The van der Waals surface area contributed by atoms with Crippen LogP contribution in [0.3, 0.4) is 0 Å². The molecule has 0 heterocycles. The largest absolute Gasteiger partial charge is 0.490 e. The molecule has 0 aromatic heterocycles. The molecule has 1 aromatic carbocycles. The predicted molar refractivity (Wildman–Crippen MR) is 99.3 cm³/mol. The normalized spacial score (nSPS) is 10.7. The van der Waals surface area contributed by atoms with Crippen molar-refractivity contribution in [3.8, 4) is 11.5 Å². The Kier molecular flexibility index (Phi) is 9.07. The third kappa shape index (κ3) is 7.95. The Labute approximate surface area is 161 Å². The summed E-state index contributed by atoms with van der Waals surface area (Å²) in [6, 6.07) is 2.97. The van der Waals surface area contributed by atoms with Crippen LogP contribution in [0.5, 0.6) is 11.5 Å². The number of ether oxygens (including phenoxy) is 2. The van der Waals surface area contributed by atoms with E-state index in [4.69, 9.17) is 26.2 Å². The first-order valence-corrected chi connectivity index (χ1v) is 8.54. The Morgan fingerprint density at radius 2 is 1.96 bits per heavy atom. The lowest BCUT2D eigenvalue weighted by Crippen LogP contribution is -2.39. The van der Waals surface area contributed by atoms with Gasteiger partial charge in [0.25, 0.3) is 0 Å². The van der Waals surface area contributed by atoms with E-state index in [1.165, 1.54) is 18.3 Å². The highest BCUT2D eigenvalue weighted by atomic mass is 35.5. The van der Waals surface area contributed by atoms with Gasteiger partial charge >= 0.3 is 17.8 Å². The first-order valence-electron chi connectivity index (χ1n) is 8.16. The first-order chi connectivity index (χ1) is 12.7. The zero-order valence-electron chi connectivity index (χ0n) is 15.2. The fourth-order valence-corrected chi connectivity index (χ4v) is 2.07. The highest BCUT2D eigenvalue weighted by Gasteiger charge is 2.14. The number of nitrogens with one attached hydrogen (secondary N) is 2. The molecule has 148 valence electrons. The summed E-state index contributed by atoms with van der Waals surface area (Å²) in [7, 11) is 0. The van der Waals surface area contributed by atoms with Crippen LogP contribution in [0.25, 0.3) is 0 Å². The number of nitrogens with zero attached hydrogens (tertiary/aromatic N) is 1. The van der Waals surface area contributed by atoms with E-state index in [0.717, 1.165) is 0 Å². The molecule has 0 bridgehead atoms. The van der Waals surface area contributed by atoms with E-state index in [2.05, 4.69) is 15.8 Å². The minimum absolute atomic E-state index is 0.0927. The third-order valence-electron chi connectivity index (χ3n) is 2.93. The van der Waals surface area contributed by atoms with Gasteiger partial charge in [-0.15, -0.1) is 0 Å². The maximum Gasteiger partial charge on any atom is 0.341 e. The van der Waals surface area contributed by atoms with Crippen LogP contribution in [0, 0.1) is 5.92 Å². The van der Waals surface area contributed by atoms with Gasteiger partial charge in [0.1, 0.15) is 0 Å². The Hall–Kier alpha value is -2.81. The van der Waals surface area contributed by atoms with E-state index in [1.54, 1.807) is 6.92 Å². The summed E-state index contributed by atoms with van der Waals surface area (Å²) in [5, 5.41) is 15.0. The number of aliphatic carboxylic acids is 1. The van der Waals surface area contributed by atoms with Crippen LogP contribution in [0.15, 0.2) is 17.2 Å². The molecule has 27 heavy (non-hydrogen) atoms. The summed E-state index contributed by atoms with van der Waals surface area (Å²) in [6.45, 7) is 5.65. The number of hydrogen-bond acceptors (Lipinski definition) is 6. The fourth-order valence-electron chi connectivity index (χ4n) is 1.79. The minimum Gasteiger partial charge on any atom is -0.490 e. The molecule has 0 spiro atoms. The van der Waals surface area contributed by atoms with Gasteiger partial charge in [0.2, 0.25) is 0 Å². The van der Waals surface area contributed by atoms with Gasteiger partial charge < -0.3 is 19.9 Å². The molecule has 3 N–H and O–H groups in total. The maximum absolute atomic E-state index is 11.6. The van der Waals surface area contributed by atoms with Crippen molar-refractivity contribution in [3.05, 3.63) is 22.7 Å². The number of carboxylic acids is 1. The SMILES string of the molecule is CCOc1cc(/C=N\NC(=O)C(=O)NCC(C)C)cc(Cl)c1OCC(=O)O. The van der Waals surface area contributed by atoms with Gasteiger partial charge in [-0.25, -0.2) is 10.2 Å². The number of hydrazone groups is 1. The van der Waals surface area contributed by atoms with Gasteiger partial charge in [-0.05, 0) is 30.5 Å². The number of benzene rings is 1. The summed E-state index contributed by atoms with van der Waals surface area (Å²) in [5.74, 6) is -2.30. The number of carbonyl (C=O) groups excluding carboxylic acids is 2. The molecule has 9 nitrogen and oxygen atoms in total.